The summed E-state index contributed by atoms with van der Waals surface area (Å²) in [6, 6.07) is 18.0. The number of aromatic amines is 1. The molecule has 1 atom stereocenters. The lowest BCUT2D eigenvalue weighted by Crippen LogP contribution is -2.32. The number of benzene rings is 2. The van der Waals surface area contributed by atoms with E-state index in [2.05, 4.69) is 32.4 Å². The van der Waals surface area contributed by atoms with Crippen LogP contribution in [0.15, 0.2) is 60.8 Å². The Kier molecular flexibility index (Phi) is 6.21. The molecule has 0 bridgehead atoms. The summed E-state index contributed by atoms with van der Waals surface area (Å²) in [7, 11) is 3.91. The van der Waals surface area contributed by atoms with Gasteiger partial charge < -0.3 is 15.2 Å². The minimum atomic E-state index is -0.271. The first-order chi connectivity index (χ1) is 15.4. The molecule has 1 amide bonds. The molecule has 0 aliphatic heterocycles. The van der Waals surface area contributed by atoms with Crippen molar-refractivity contribution in [2.24, 2.45) is 0 Å². The first-order valence-electron chi connectivity index (χ1n) is 10.8. The average Bonchev–Trinajstić information content (AvgIpc) is 3.17. The summed E-state index contributed by atoms with van der Waals surface area (Å²) < 4.78 is 0. The third-order valence-electron chi connectivity index (χ3n) is 5.58. The van der Waals surface area contributed by atoms with Crippen molar-refractivity contribution >= 4 is 22.6 Å². The molecule has 0 fully saturated rings. The lowest BCUT2D eigenvalue weighted by Gasteiger charge is -2.21. The minimum Gasteiger partial charge on any atom is -0.363 e. The fourth-order valence-corrected chi connectivity index (χ4v) is 3.87. The van der Waals surface area contributed by atoms with Gasteiger partial charge in [0.25, 0.3) is 0 Å². The maximum atomic E-state index is 13.0. The number of nitrogens with zero attached hydrogens (tertiary/aromatic N) is 3. The Morgan fingerprint density at radius 3 is 2.56 bits per heavy atom. The molecule has 0 aliphatic rings. The molecule has 6 nitrogen and oxygen atoms in total. The topological polar surface area (TPSA) is 73.9 Å². The van der Waals surface area contributed by atoms with Crippen molar-refractivity contribution in [1.82, 2.24) is 20.3 Å². The summed E-state index contributed by atoms with van der Waals surface area (Å²) in [4.78, 5) is 27.5. The van der Waals surface area contributed by atoms with Crippen LogP contribution in [0.2, 0.25) is 0 Å². The van der Waals surface area contributed by atoms with Gasteiger partial charge in [-0.15, -0.1) is 0 Å². The van der Waals surface area contributed by atoms with Gasteiger partial charge in [0, 0.05) is 43.7 Å². The van der Waals surface area contributed by atoms with Crippen LogP contribution < -0.4 is 10.2 Å². The van der Waals surface area contributed by atoms with Crippen LogP contribution in [0.1, 0.15) is 34.3 Å². The van der Waals surface area contributed by atoms with Crippen LogP contribution in [0.3, 0.4) is 0 Å². The zero-order chi connectivity index (χ0) is 22.7. The first-order valence-corrected chi connectivity index (χ1v) is 10.8. The van der Waals surface area contributed by atoms with Gasteiger partial charge in [-0.2, -0.15) is 0 Å². The van der Waals surface area contributed by atoms with Gasteiger partial charge in [0.1, 0.15) is 11.6 Å². The Morgan fingerprint density at radius 2 is 1.81 bits per heavy atom. The van der Waals surface area contributed by atoms with E-state index in [4.69, 9.17) is 0 Å². The van der Waals surface area contributed by atoms with Crippen molar-refractivity contribution in [1.29, 1.82) is 0 Å². The number of carbonyl (C=O) groups is 1. The Hall–Kier alpha value is -3.67. The van der Waals surface area contributed by atoms with Crippen molar-refractivity contribution < 1.29 is 4.79 Å². The molecule has 2 aromatic heterocycles. The van der Waals surface area contributed by atoms with Crippen LogP contribution in [0.25, 0.3) is 10.9 Å². The molecule has 2 aromatic carbocycles. The Balaban J connectivity index is 1.64. The molecule has 2 heterocycles. The number of amides is 1. The molecule has 0 spiro atoms. The van der Waals surface area contributed by atoms with Crippen LogP contribution in [0, 0.1) is 13.8 Å². The van der Waals surface area contributed by atoms with E-state index in [9.17, 15) is 4.79 Å². The molecule has 6 heteroatoms. The highest BCUT2D eigenvalue weighted by Gasteiger charge is 2.20. The molecule has 0 aliphatic carbocycles. The molecule has 4 aromatic rings. The van der Waals surface area contributed by atoms with Gasteiger partial charge in [-0.05, 0) is 31.0 Å². The molecular weight excluding hydrogens is 398 g/mol. The standard InChI is InChI=1S/C26H29N5O/c1-17-9-11-19(12-10-17)13-26(32)30-23(24-15-25(31(3)4)29-18(2)28-24)14-20-16-27-22-8-6-5-7-21(20)22/h5-12,15-16,23,27H,13-14H2,1-4H3,(H,30,32)/t23-/m0/s1. The van der Waals surface area contributed by atoms with Gasteiger partial charge in [-0.3, -0.25) is 4.79 Å². The maximum Gasteiger partial charge on any atom is 0.224 e. The normalized spacial score (nSPS) is 12.0. The highest BCUT2D eigenvalue weighted by molar-refractivity contribution is 5.83. The summed E-state index contributed by atoms with van der Waals surface area (Å²) in [6.45, 7) is 3.92. The molecular formula is C26H29N5O. The molecule has 0 saturated heterocycles. The van der Waals surface area contributed by atoms with Crippen molar-refractivity contribution in [3.8, 4) is 0 Å². The second-order valence-corrected chi connectivity index (χ2v) is 8.44. The van der Waals surface area contributed by atoms with Crippen LogP contribution >= 0.6 is 0 Å². The zero-order valence-electron chi connectivity index (χ0n) is 19.0. The molecule has 2 N–H and O–H groups in total. The van der Waals surface area contributed by atoms with E-state index in [1.165, 1.54) is 5.56 Å². The van der Waals surface area contributed by atoms with E-state index in [1.807, 2.05) is 81.5 Å². The highest BCUT2D eigenvalue weighted by atomic mass is 16.1. The van der Waals surface area contributed by atoms with E-state index in [-0.39, 0.29) is 11.9 Å². The molecule has 0 radical (unpaired) electrons. The number of rotatable bonds is 7. The second kappa shape index (κ2) is 9.22. The van der Waals surface area contributed by atoms with Gasteiger partial charge in [0.15, 0.2) is 0 Å². The van der Waals surface area contributed by atoms with Gasteiger partial charge >= 0.3 is 0 Å². The number of carbonyl (C=O) groups excluding carboxylic acids is 1. The van der Waals surface area contributed by atoms with Gasteiger partial charge in [-0.1, -0.05) is 48.0 Å². The van der Waals surface area contributed by atoms with Crippen LogP contribution in [0.4, 0.5) is 5.82 Å². The summed E-state index contributed by atoms with van der Waals surface area (Å²) in [6.07, 6.45) is 2.98. The largest absolute Gasteiger partial charge is 0.363 e. The second-order valence-electron chi connectivity index (χ2n) is 8.44. The number of para-hydroxylation sites is 1. The SMILES string of the molecule is Cc1ccc(CC(=O)N[C@@H](Cc2c[nH]c3ccccc23)c2cc(N(C)C)nc(C)n2)cc1. The fourth-order valence-electron chi connectivity index (χ4n) is 3.87. The van der Waals surface area contributed by atoms with Crippen molar-refractivity contribution in [2.45, 2.75) is 32.7 Å². The molecule has 164 valence electrons. The molecule has 0 unspecified atom stereocenters. The van der Waals surface area contributed by atoms with Gasteiger partial charge in [0.2, 0.25) is 5.91 Å². The summed E-state index contributed by atoms with van der Waals surface area (Å²) >= 11 is 0. The van der Waals surface area contributed by atoms with Gasteiger partial charge in [0.05, 0.1) is 18.2 Å². The van der Waals surface area contributed by atoms with Crippen molar-refractivity contribution in [3.05, 3.63) is 89.0 Å². The summed E-state index contributed by atoms with van der Waals surface area (Å²) in [5.41, 5.74) is 5.21. The first kappa shape index (κ1) is 21.6. The maximum absolute atomic E-state index is 13.0. The molecule has 4 rings (SSSR count). The van der Waals surface area contributed by atoms with Crippen LogP contribution in [-0.2, 0) is 17.6 Å². The number of aryl methyl sites for hydroxylation is 2. The third kappa shape index (κ3) is 4.97. The summed E-state index contributed by atoms with van der Waals surface area (Å²) in [5.74, 6) is 1.48. The number of H-pyrrole nitrogens is 1. The summed E-state index contributed by atoms with van der Waals surface area (Å²) in [5, 5.41) is 4.39. The van der Waals surface area contributed by atoms with E-state index in [1.54, 1.807) is 0 Å². The van der Waals surface area contributed by atoms with Crippen LogP contribution in [-0.4, -0.2) is 35.0 Å². The zero-order valence-corrected chi connectivity index (χ0v) is 19.0. The molecule has 32 heavy (non-hydrogen) atoms. The smallest absolute Gasteiger partial charge is 0.224 e. The number of hydrogen-bond acceptors (Lipinski definition) is 4. The Morgan fingerprint density at radius 1 is 1.06 bits per heavy atom. The van der Waals surface area contributed by atoms with Crippen molar-refractivity contribution in [2.75, 3.05) is 19.0 Å². The van der Waals surface area contributed by atoms with E-state index < -0.39 is 0 Å². The lowest BCUT2D eigenvalue weighted by atomic mass is 10.0. The highest BCUT2D eigenvalue weighted by Crippen LogP contribution is 2.25. The predicted octanol–water partition coefficient (Wildman–Crippen LogP) is 4.28. The number of hydrogen-bond donors (Lipinski definition) is 2. The third-order valence-corrected chi connectivity index (χ3v) is 5.58. The van der Waals surface area contributed by atoms with E-state index >= 15 is 0 Å². The minimum absolute atomic E-state index is 0.0265. The lowest BCUT2D eigenvalue weighted by molar-refractivity contribution is -0.121. The fraction of sp³-hybridized carbons (Fsp3) is 0.269. The average molecular weight is 428 g/mol. The number of nitrogens with one attached hydrogen (secondary N) is 2. The Labute approximate surface area is 188 Å². The number of anilines is 1. The number of fused-ring (bicyclic) bond motifs is 1. The van der Waals surface area contributed by atoms with E-state index in [0.29, 0.717) is 18.7 Å². The van der Waals surface area contributed by atoms with Crippen molar-refractivity contribution in [3.63, 3.8) is 0 Å². The van der Waals surface area contributed by atoms with E-state index in [0.717, 1.165) is 33.5 Å². The van der Waals surface area contributed by atoms with Crippen LogP contribution in [0.5, 0.6) is 0 Å². The number of aromatic nitrogens is 3. The predicted molar refractivity (Wildman–Crippen MR) is 129 cm³/mol. The molecule has 0 saturated carbocycles. The Bertz CT molecular complexity index is 1230. The monoisotopic (exact) mass is 427 g/mol. The van der Waals surface area contributed by atoms with Gasteiger partial charge in [-0.25, -0.2) is 9.97 Å². The quantitative estimate of drug-likeness (QED) is 0.462.